The van der Waals surface area contributed by atoms with Gasteiger partial charge in [0.15, 0.2) is 5.78 Å². The maximum Gasteiger partial charge on any atom is 0.155 e. The van der Waals surface area contributed by atoms with Crippen molar-refractivity contribution in [3.05, 3.63) is 47.7 Å². The first-order valence-electron chi connectivity index (χ1n) is 6.39. The summed E-state index contributed by atoms with van der Waals surface area (Å²) in [5, 5.41) is 1.27. The van der Waals surface area contributed by atoms with Crippen molar-refractivity contribution in [3.63, 3.8) is 0 Å². The van der Waals surface area contributed by atoms with E-state index in [-0.39, 0.29) is 5.78 Å². The Morgan fingerprint density at radius 3 is 2.89 bits per heavy atom. The van der Waals surface area contributed by atoms with E-state index >= 15 is 0 Å². The molecule has 1 aromatic carbocycles. The largest absolute Gasteiger partial charge is 0.361 e. The minimum absolute atomic E-state index is 0.233. The number of ketones is 1. The fourth-order valence-electron chi connectivity index (χ4n) is 2.22. The van der Waals surface area contributed by atoms with Crippen LogP contribution in [0, 0.1) is 0 Å². The Labute approximate surface area is 108 Å². The summed E-state index contributed by atoms with van der Waals surface area (Å²) in [6.45, 7) is 3.91. The first-order chi connectivity index (χ1) is 8.66. The Morgan fingerprint density at radius 1 is 1.28 bits per heavy atom. The van der Waals surface area contributed by atoms with E-state index in [0.29, 0.717) is 6.42 Å². The third-order valence-electron chi connectivity index (χ3n) is 3.00. The lowest BCUT2D eigenvalue weighted by atomic mass is 10.0. The lowest BCUT2D eigenvalue weighted by Gasteiger charge is -2.02. The molecule has 94 valence electrons. The number of carbonyl (C=O) groups is 1. The van der Waals surface area contributed by atoms with Gasteiger partial charge in [-0.25, -0.2) is 0 Å². The number of fused-ring (bicyclic) bond motifs is 1. The van der Waals surface area contributed by atoms with Crippen LogP contribution < -0.4 is 0 Å². The van der Waals surface area contributed by atoms with Gasteiger partial charge < -0.3 is 4.98 Å². The minimum Gasteiger partial charge on any atom is -0.361 e. The molecule has 0 saturated carbocycles. The molecule has 1 aromatic heterocycles. The van der Waals surface area contributed by atoms with Gasteiger partial charge in [-0.05, 0) is 50.5 Å². The monoisotopic (exact) mass is 241 g/mol. The first-order valence-corrected chi connectivity index (χ1v) is 6.39. The molecule has 2 heteroatoms. The van der Waals surface area contributed by atoms with Gasteiger partial charge in [0.2, 0.25) is 0 Å². The standard InChI is InChI=1S/C16H19NO/c1-12(2)11-14(18)7-3-5-13-6-4-8-16-15(13)9-10-17-16/h4,6,8-11,17H,3,5,7H2,1-2H3. The van der Waals surface area contributed by atoms with Gasteiger partial charge in [-0.1, -0.05) is 17.7 Å². The van der Waals surface area contributed by atoms with Crippen molar-refractivity contribution < 1.29 is 4.79 Å². The second-order valence-electron chi connectivity index (χ2n) is 4.90. The predicted molar refractivity (Wildman–Crippen MR) is 75.7 cm³/mol. The fraction of sp³-hybridized carbons (Fsp3) is 0.312. The summed E-state index contributed by atoms with van der Waals surface area (Å²) >= 11 is 0. The van der Waals surface area contributed by atoms with E-state index in [1.54, 1.807) is 6.08 Å². The fourth-order valence-corrected chi connectivity index (χ4v) is 2.22. The van der Waals surface area contributed by atoms with Gasteiger partial charge in [-0.2, -0.15) is 0 Å². The molecule has 2 aromatic rings. The number of benzene rings is 1. The zero-order valence-corrected chi connectivity index (χ0v) is 11.0. The molecular weight excluding hydrogens is 222 g/mol. The molecule has 0 aliphatic heterocycles. The molecular formula is C16H19NO. The number of rotatable bonds is 5. The van der Waals surface area contributed by atoms with E-state index in [4.69, 9.17) is 0 Å². The lowest BCUT2D eigenvalue weighted by Crippen LogP contribution is -1.95. The van der Waals surface area contributed by atoms with E-state index in [1.165, 1.54) is 16.5 Å². The van der Waals surface area contributed by atoms with Gasteiger partial charge in [0.1, 0.15) is 0 Å². The maximum absolute atomic E-state index is 11.6. The van der Waals surface area contributed by atoms with Crippen molar-refractivity contribution >= 4 is 16.7 Å². The van der Waals surface area contributed by atoms with E-state index < -0.39 is 0 Å². The Hall–Kier alpha value is -1.83. The summed E-state index contributed by atoms with van der Waals surface area (Å²) in [5.74, 6) is 0.233. The number of aryl methyl sites for hydroxylation is 1. The zero-order valence-electron chi connectivity index (χ0n) is 11.0. The van der Waals surface area contributed by atoms with Crippen molar-refractivity contribution in [1.82, 2.24) is 4.98 Å². The third-order valence-corrected chi connectivity index (χ3v) is 3.00. The number of aromatic amines is 1. The van der Waals surface area contributed by atoms with Gasteiger partial charge in [0.05, 0.1) is 0 Å². The molecule has 0 spiro atoms. The summed E-state index contributed by atoms with van der Waals surface area (Å²) in [6, 6.07) is 8.38. The zero-order chi connectivity index (χ0) is 13.0. The van der Waals surface area contributed by atoms with Crippen LogP contribution in [0.1, 0.15) is 32.3 Å². The van der Waals surface area contributed by atoms with Crippen LogP contribution in [0.2, 0.25) is 0 Å². The van der Waals surface area contributed by atoms with Crippen LogP contribution in [0.3, 0.4) is 0 Å². The number of hydrogen-bond acceptors (Lipinski definition) is 1. The van der Waals surface area contributed by atoms with E-state index in [9.17, 15) is 4.79 Å². The second kappa shape index (κ2) is 5.67. The summed E-state index contributed by atoms with van der Waals surface area (Å²) in [7, 11) is 0. The van der Waals surface area contributed by atoms with Crippen LogP contribution in [0.4, 0.5) is 0 Å². The molecule has 1 N–H and O–H groups in total. The topological polar surface area (TPSA) is 32.9 Å². The Kier molecular flexibility index (Phi) is 3.98. The van der Waals surface area contributed by atoms with Crippen LogP contribution in [-0.4, -0.2) is 10.8 Å². The number of carbonyl (C=O) groups excluding carboxylic acids is 1. The molecule has 0 aliphatic rings. The molecule has 0 fully saturated rings. The molecule has 0 atom stereocenters. The average Bonchev–Trinajstić information content (AvgIpc) is 2.76. The highest BCUT2D eigenvalue weighted by atomic mass is 16.1. The number of H-pyrrole nitrogens is 1. The van der Waals surface area contributed by atoms with E-state index in [1.807, 2.05) is 20.0 Å². The van der Waals surface area contributed by atoms with Crippen LogP contribution in [0.5, 0.6) is 0 Å². The predicted octanol–water partition coefficient (Wildman–Crippen LogP) is 4.03. The van der Waals surface area contributed by atoms with E-state index in [2.05, 4.69) is 29.2 Å². The van der Waals surface area contributed by atoms with Crippen LogP contribution in [0.25, 0.3) is 10.9 Å². The van der Waals surface area contributed by atoms with Gasteiger partial charge in [0, 0.05) is 23.5 Å². The number of nitrogens with one attached hydrogen (secondary N) is 1. The summed E-state index contributed by atoms with van der Waals surface area (Å²) in [6.07, 6.45) is 6.19. The highest BCUT2D eigenvalue weighted by Crippen LogP contribution is 2.19. The Balaban J connectivity index is 1.97. The van der Waals surface area contributed by atoms with Crippen LogP contribution in [0.15, 0.2) is 42.1 Å². The average molecular weight is 241 g/mol. The molecule has 1 heterocycles. The van der Waals surface area contributed by atoms with Crippen molar-refractivity contribution in [2.75, 3.05) is 0 Å². The molecule has 18 heavy (non-hydrogen) atoms. The number of allylic oxidation sites excluding steroid dienone is 2. The Morgan fingerprint density at radius 2 is 2.11 bits per heavy atom. The van der Waals surface area contributed by atoms with Gasteiger partial charge in [-0.15, -0.1) is 0 Å². The molecule has 0 amide bonds. The van der Waals surface area contributed by atoms with Crippen molar-refractivity contribution in [3.8, 4) is 0 Å². The maximum atomic E-state index is 11.6. The van der Waals surface area contributed by atoms with Crippen LogP contribution >= 0.6 is 0 Å². The minimum atomic E-state index is 0.233. The number of hydrogen-bond donors (Lipinski definition) is 1. The molecule has 0 bridgehead atoms. The molecule has 0 saturated heterocycles. The van der Waals surface area contributed by atoms with Crippen molar-refractivity contribution in [2.45, 2.75) is 33.1 Å². The third kappa shape index (κ3) is 3.10. The van der Waals surface area contributed by atoms with Gasteiger partial charge >= 0.3 is 0 Å². The first kappa shape index (κ1) is 12.6. The number of aromatic nitrogens is 1. The summed E-state index contributed by atoms with van der Waals surface area (Å²) in [5.41, 5.74) is 3.56. The van der Waals surface area contributed by atoms with Gasteiger partial charge in [0.25, 0.3) is 0 Å². The highest BCUT2D eigenvalue weighted by molar-refractivity contribution is 5.90. The van der Waals surface area contributed by atoms with Crippen LogP contribution in [-0.2, 0) is 11.2 Å². The smallest absolute Gasteiger partial charge is 0.155 e. The molecule has 0 unspecified atom stereocenters. The normalized spacial score (nSPS) is 10.6. The molecule has 0 aliphatic carbocycles. The molecule has 0 radical (unpaired) electrons. The lowest BCUT2D eigenvalue weighted by molar-refractivity contribution is -0.114. The highest BCUT2D eigenvalue weighted by Gasteiger charge is 2.03. The second-order valence-corrected chi connectivity index (χ2v) is 4.90. The molecule has 2 rings (SSSR count). The molecule has 2 nitrogen and oxygen atoms in total. The van der Waals surface area contributed by atoms with Crippen molar-refractivity contribution in [1.29, 1.82) is 0 Å². The van der Waals surface area contributed by atoms with E-state index in [0.717, 1.165) is 18.4 Å². The quantitative estimate of drug-likeness (QED) is 0.788. The van der Waals surface area contributed by atoms with Crippen molar-refractivity contribution in [2.24, 2.45) is 0 Å². The summed E-state index contributed by atoms with van der Waals surface area (Å²) < 4.78 is 0. The Bertz CT molecular complexity index is 574. The summed E-state index contributed by atoms with van der Waals surface area (Å²) in [4.78, 5) is 14.8. The SMILES string of the molecule is CC(C)=CC(=O)CCCc1cccc2[nH]ccc12. The van der Waals surface area contributed by atoms with Gasteiger partial charge in [-0.3, -0.25) is 4.79 Å².